The molecule has 0 radical (unpaired) electrons. The number of nitrogens with one attached hydrogen (secondary N) is 1. The van der Waals surface area contributed by atoms with Gasteiger partial charge in [-0.2, -0.15) is 0 Å². The van der Waals surface area contributed by atoms with Gasteiger partial charge in [-0.1, -0.05) is 18.2 Å². The van der Waals surface area contributed by atoms with E-state index in [2.05, 4.69) is 31.2 Å². The number of hydrogen-bond acceptors (Lipinski definition) is 6. The number of rotatable bonds is 5. The van der Waals surface area contributed by atoms with Gasteiger partial charge in [-0.3, -0.25) is 4.99 Å². The summed E-state index contributed by atoms with van der Waals surface area (Å²) < 4.78 is 11.1. The van der Waals surface area contributed by atoms with Gasteiger partial charge in [0, 0.05) is 33.2 Å². The average Bonchev–Trinajstić information content (AvgIpc) is 3.47. The zero-order chi connectivity index (χ0) is 20.1. The molecule has 0 bridgehead atoms. The zero-order valence-corrected chi connectivity index (χ0v) is 20.2. The Balaban J connectivity index is 0.00000256. The first-order valence-electron chi connectivity index (χ1n) is 9.60. The molecule has 0 aliphatic carbocycles. The van der Waals surface area contributed by atoms with E-state index in [0.29, 0.717) is 12.4 Å². The van der Waals surface area contributed by atoms with E-state index >= 15 is 0 Å². The number of oxazole rings is 1. The third-order valence-electron chi connectivity index (χ3n) is 4.93. The molecule has 1 saturated heterocycles. The van der Waals surface area contributed by atoms with Crippen LogP contribution in [0.3, 0.4) is 0 Å². The number of ether oxygens (including phenoxy) is 1. The van der Waals surface area contributed by atoms with E-state index in [-0.39, 0.29) is 24.0 Å². The van der Waals surface area contributed by atoms with Crippen molar-refractivity contribution in [1.82, 2.24) is 15.2 Å². The summed E-state index contributed by atoms with van der Waals surface area (Å²) in [5.74, 6) is 2.46. The predicted molar refractivity (Wildman–Crippen MR) is 132 cm³/mol. The van der Waals surface area contributed by atoms with Crippen molar-refractivity contribution in [2.75, 3.05) is 45.2 Å². The molecule has 0 amide bonds. The molecule has 0 spiro atoms. The fourth-order valence-corrected chi connectivity index (χ4v) is 4.11. The Morgan fingerprint density at radius 1 is 1.20 bits per heavy atom. The first kappa shape index (κ1) is 22.4. The third-order valence-corrected chi connectivity index (χ3v) is 5.79. The van der Waals surface area contributed by atoms with Gasteiger partial charge in [-0.05, 0) is 23.6 Å². The number of methoxy groups -OCH3 is 1. The van der Waals surface area contributed by atoms with Crippen LogP contribution in [0, 0.1) is 0 Å². The molecule has 0 saturated carbocycles. The molecule has 1 N–H and O–H groups in total. The van der Waals surface area contributed by atoms with Crippen LogP contribution in [0.5, 0.6) is 5.75 Å². The minimum absolute atomic E-state index is 0. The monoisotopic (exact) mass is 539 g/mol. The van der Waals surface area contributed by atoms with Crippen molar-refractivity contribution < 1.29 is 9.15 Å². The summed E-state index contributed by atoms with van der Waals surface area (Å²) in [7, 11) is 3.53. The van der Waals surface area contributed by atoms with Crippen LogP contribution in [-0.4, -0.2) is 56.2 Å². The number of thiophene rings is 1. The van der Waals surface area contributed by atoms with Gasteiger partial charge in [0.25, 0.3) is 0 Å². The van der Waals surface area contributed by atoms with Gasteiger partial charge in [0.15, 0.2) is 5.96 Å². The van der Waals surface area contributed by atoms with Crippen molar-refractivity contribution in [2.45, 2.75) is 6.54 Å². The number of aliphatic imine (C=N–C) groups is 1. The number of hydrogen-bond donors (Lipinski definition) is 1. The molecular formula is C21H26IN5O2S. The number of para-hydroxylation sites is 2. The summed E-state index contributed by atoms with van der Waals surface area (Å²) in [6.07, 6.45) is 1.70. The molecule has 30 heavy (non-hydrogen) atoms. The number of aromatic nitrogens is 1. The largest absolute Gasteiger partial charge is 0.495 e. The Morgan fingerprint density at radius 2 is 2.00 bits per heavy atom. The second-order valence-electron chi connectivity index (χ2n) is 6.67. The summed E-state index contributed by atoms with van der Waals surface area (Å²) in [4.78, 5) is 14.7. The maximum absolute atomic E-state index is 5.59. The Hall–Kier alpha value is -2.27. The van der Waals surface area contributed by atoms with Crippen molar-refractivity contribution >= 4 is 47.0 Å². The lowest BCUT2D eigenvalue weighted by Gasteiger charge is -2.38. The lowest BCUT2D eigenvalue weighted by atomic mass is 10.2. The van der Waals surface area contributed by atoms with Crippen molar-refractivity contribution in [2.24, 2.45) is 4.99 Å². The highest BCUT2D eigenvalue weighted by molar-refractivity contribution is 14.0. The SMILES string of the molecule is CN=C(NCc1coc(-c2cccs2)n1)N1CCN(c2ccccc2OC)CC1.I. The summed E-state index contributed by atoms with van der Waals surface area (Å²) in [5.41, 5.74) is 2.00. The minimum atomic E-state index is 0. The first-order valence-corrected chi connectivity index (χ1v) is 10.5. The Kier molecular flexibility index (Phi) is 7.97. The summed E-state index contributed by atoms with van der Waals surface area (Å²) in [6.45, 7) is 4.17. The van der Waals surface area contributed by atoms with E-state index in [0.717, 1.165) is 54.1 Å². The number of benzene rings is 1. The first-order chi connectivity index (χ1) is 14.3. The van der Waals surface area contributed by atoms with Crippen molar-refractivity contribution in [1.29, 1.82) is 0 Å². The minimum Gasteiger partial charge on any atom is -0.495 e. The van der Waals surface area contributed by atoms with Crippen LogP contribution < -0.4 is 15.0 Å². The second-order valence-corrected chi connectivity index (χ2v) is 7.62. The number of guanidine groups is 1. The highest BCUT2D eigenvalue weighted by atomic mass is 127. The van der Waals surface area contributed by atoms with Gasteiger partial charge in [0.2, 0.25) is 5.89 Å². The number of anilines is 1. The second kappa shape index (κ2) is 10.7. The average molecular weight is 539 g/mol. The zero-order valence-electron chi connectivity index (χ0n) is 17.1. The van der Waals surface area contributed by atoms with Gasteiger partial charge in [0.1, 0.15) is 12.0 Å². The van der Waals surface area contributed by atoms with E-state index in [4.69, 9.17) is 9.15 Å². The molecule has 1 aromatic carbocycles. The summed E-state index contributed by atoms with van der Waals surface area (Å²) >= 11 is 1.62. The maximum Gasteiger partial charge on any atom is 0.236 e. The van der Waals surface area contributed by atoms with Crippen molar-refractivity contribution in [3.8, 4) is 16.5 Å². The Bertz CT molecular complexity index is 952. The Morgan fingerprint density at radius 3 is 2.70 bits per heavy atom. The predicted octanol–water partition coefficient (Wildman–Crippen LogP) is 3.93. The molecule has 1 aliphatic rings. The highest BCUT2D eigenvalue weighted by Gasteiger charge is 2.21. The molecule has 7 nitrogen and oxygen atoms in total. The number of piperazine rings is 1. The fourth-order valence-electron chi connectivity index (χ4n) is 3.45. The molecule has 1 aliphatic heterocycles. The Labute approximate surface area is 197 Å². The molecule has 0 atom stereocenters. The lowest BCUT2D eigenvalue weighted by Crippen LogP contribution is -2.52. The van der Waals surface area contributed by atoms with Gasteiger partial charge < -0.3 is 24.3 Å². The summed E-state index contributed by atoms with van der Waals surface area (Å²) in [5, 5.41) is 5.42. The smallest absolute Gasteiger partial charge is 0.236 e. The molecule has 2 aromatic heterocycles. The van der Waals surface area contributed by atoms with Crippen LogP contribution in [-0.2, 0) is 6.54 Å². The van der Waals surface area contributed by atoms with E-state index in [1.165, 1.54) is 0 Å². The van der Waals surface area contributed by atoms with E-state index in [1.54, 1.807) is 24.7 Å². The van der Waals surface area contributed by atoms with E-state index in [1.807, 2.05) is 42.8 Å². The van der Waals surface area contributed by atoms with Crippen molar-refractivity contribution in [3.63, 3.8) is 0 Å². The molecular weight excluding hydrogens is 513 g/mol. The molecule has 3 aromatic rings. The van der Waals surface area contributed by atoms with Crippen molar-refractivity contribution in [3.05, 3.63) is 53.7 Å². The van der Waals surface area contributed by atoms with Crippen LogP contribution in [0.4, 0.5) is 5.69 Å². The standard InChI is InChI=1S/C21H25N5O2S.HI/c1-22-21(23-14-16-15-28-20(24-16)19-8-5-13-29-19)26-11-9-25(10-12-26)17-6-3-4-7-18(17)27-2;/h3-8,13,15H,9-12,14H2,1-2H3,(H,22,23);1H. The maximum atomic E-state index is 5.59. The van der Waals surface area contributed by atoms with Gasteiger partial charge >= 0.3 is 0 Å². The third kappa shape index (κ3) is 5.07. The lowest BCUT2D eigenvalue weighted by molar-refractivity contribution is 0.367. The quantitative estimate of drug-likeness (QED) is 0.301. The highest BCUT2D eigenvalue weighted by Crippen LogP contribution is 2.28. The normalized spacial score (nSPS) is 14.4. The molecule has 9 heteroatoms. The molecule has 1 fully saturated rings. The molecule has 4 rings (SSSR count). The van der Waals surface area contributed by atoms with E-state index in [9.17, 15) is 0 Å². The molecule has 0 unspecified atom stereocenters. The van der Waals surface area contributed by atoms with Gasteiger partial charge in [0.05, 0.1) is 29.9 Å². The van der Waals surface area contributed by atoms with Crippen LogP contribution >= 0.6 is 35.3 Å². The van der Waals surface area contributed by atoms with Crippen LogP contribution in [0.15, 0.2) is 57.5 Å². The van der Waals surface area contributed by atoms with Crippen LogP contribution in [0.25, 0.3) is 10.8 Å². The van der Waals surface area contributed by atoms with E-state index < -0.39 is 0 Å². The van der Waals surface area contributed by atoms with Crippen LogP contribution in [0.1, 0.15) is 5.69 Å². The summed E-state index contributed by atoms with van der Waals surface area (Å²) in [6, 6.07) is 12.2. The fraction of sp³-hybridized carbons (Fsp3) is 0.333. The number of nitrogens with zero attached hydrogens (tertiary/aromatic N) is 4. The van der Waals surface area contributed by atoms with Gasteiger partial charge in [-0.15, -0.1) is 35.3 Å². The van der Waals surface area contributed by atoms with Crippen LogP contribution in [0.2, 0.25) is 0 Å². The topological polar surface area (TPSA) is 66.1 Å². The molecule has 160 valence electrons. The molecule has 3 heterocycles. The van der Waals surface area contributed by atoms with Gasteiger partial charge in [-0.25, -0.2) is 4.98 Å². The number of halogens is 1.